The third kappa shape index (κ3) is 6.46. The van der Waals surface area contributed by atoms with Gasteiger partial charge in [0.1, 0.15) is 5.82 Å². The summed E-state index contributed by atoms with van der Waals surface area (Å²) >= 11 is 0. The van der Waals surface area contributed by atoms with Gasteiger partial charge in [-0.05, 0) is 37.7 Å². The van der Waals surface area contributed by atoms with Crippen LogP contribution in [0.2, 0.25) is 0 Å². The molecule has 20 heavy (non-hydrogen) atoms. The van der Waals surface area contributed by atoms with Gasteiger partial charge in [-0.1, -0.05) is 26.0 Å². The fourth-order valence-corrected chi connectivity index (χ4v) is 2.24. The van der Waals surface area contributed by atoms with Crippen molar-refractivity contribution in [3.05, 3.63) is 35.6 Å². The van der Waals surface area contributed by atoms with E-state index in [9.17, 15) is 4.39 Å². The zero-order valence-electron chi connectivity index (χ0n) is 13.1. The summed E-state index contributed by atoms with van der Waals surface area (Å²) in [5, 5.41) is 0. The van der Waals surface area contributed by atoms with E-state index in [1.165, 1.54) is 12.1 Å². The third-order valence-electron chi connectivity index (χ3n) is 3.22. The number of nitrogens with two attached hydrogens (primary N) is 1. The lowest BCUT2D eigenvalue weighted by Gasteiger charge is -2.28. The largest absolute Gasteiger partial charge is 0.323 e. The Labute approximate surface area is 122 Å². The number of hydrogen-bond acceptors (Lipinski definition) is 3. The van der Waals surface area contributed by atoms with E-state index in [0.29, 0.717) is 5.92 Å². The van der Waals surface area contributed by atoms with Gasteiger partial charge < -0.3 is 10.6 Å². The second-order valence-electron chi connectivity index (χ2n) is 6.12. The summed E-state index contributed by atoms with van der Waals surface area (Å²) in [5.41, 5.74) is 7.09. The van der Waals surface area contributed by atoms with Gasteiger partial charge in [-0.3, -0.25) is 4.90 Å². The lowest BCUT2D eigenvalue weighted by molar-refractivity contribution is 0.208. The predicted molar refractivity (Wildman–Crippen MR) is 83.2 cm³/mol. The monoisotopic (exact) mass is 281 g/mol. The molecule has 1 aromatic carbocycles. The minimum absolute atomic E-state index is 0.147. The molecule has 0 aliphatic carbocycles. The number of rotatable bonds is 8. The number of nitrogens with zero attached hydrogens (tertiary/aromatic N) is 2. The topological polar surface area (TPSA) is 32.5 Å². The van der Waals surface area contributed by atoms with Crippen LogP contribution in [0.25, 0.3) is 0 Å². The molecule has 1 atom stereocenters. The van der Waals surface area contributed by atoms with E-state index >= 15 is 0 Å². The number of likely N-dealkylation sites (N-methyl/N-ethyl adjacent to an activating group) is 1. The number of benzene rings is 1. The molecule has 1 rings (SSSR count). The van der Waals surface area contributed by atoms with Crippen molar-refractivity contribution in [2.75, 3.05) is 40.3 Å². The molecule has 0 aromatic heterocycles. The lowest BCUT2D eigenvalue weighted by atomic mass is 10.1. The van der Waals surface area contributed by atoms with Crippen LogP contribution < -0.4 is 5.73 Å². The van der Waals surface area contributed by atoms with Crippen LogP contribution in [0.3, 0.4) is 0 Å². The van der Waals surface area contributed by atoms with Crippen molar-refractivity contribution in [1.29, 1.82) is 0 Å². The maximum Gasteiger partial charge on any atom is 0.123 e. The second kappa shape index (κ2) is 8.35. The Morgan fingerprint density at radius 1 is 1.15 bits per heavy atom. The Balaban J connectivity index is 2.62. The van der Waals surface area contributed by atoms with Gasteiger partial charge >= 0.3 is 0 Å². The molecule has 0 amide bonds. The van der Waals surface area contributed by atoms with Gasteiger partial charge in [0.15, 0.2) is 0 Å². The smallest absolute Gasteiger partial charge is 0.123 e. The average Bonchev–Trinajstić information content (AvgIpc) is 2.35. The van der Waals surface area contributed by atoms with Gasteiger partial charge in [0.2, 0.25) is 0 Å². The molecule has 1 aromatic rings. The molecular formula is C16H28FN3. The normalized spacial score (nSPS) is 13.4. The molecule has 0 spiro atoms. The van der Waals surface area contributed by atoms with Gasteiger partial charge in [0.25, 0.3) is 0 Å². The molecule has 0 aliphatic heterocycles. The molecule has 0 aliphatic rings. The van der Waals surface area contributed by atoms with Crippen LogP contribution in [0.1, 0.15) is 25.5 Å². The van der Waals surface area contributed by atoms with E-state index in [-0.39, 0.29) is 11.9 Å². The van der Waals surface area contributed by atoms with Gasteiger partial charge in [-0.2, -0.15) is 0 Å². The predicted octanol–water partition coefficient (Wildman–Crippen LogP) is 2.35. The molecule has 0 fully saturated rings. The first-order chi connectivity index (χ1) is 9.38. The first kappa shape index (κ1) is 17.1. The SMILES string of the molecule is CC(C)CN(CCN(C)C)CC(N)c1cccc(F)c1. The van der Waals surface area contributed by atoms with Crippen molar-refractivity contribution in [3.8, 4) is 0 Å². The number of hydrogen-bond donors (Lipinski definition) is 1. The highest BCUT2D eigenvalue weighted by Crippen LogP contribution is 2.14. The molecule has 0 saturated heterocycles. The Morgan fingerprint density at radius 3 is 2.40 bits per heavy atom. The summed E-state index contributed by atoms with van der Waals surface area (Å²) in [6.07, 6.45) is 0. The maximum atomic E-state index is 13.3. The minimum atomic E-state index is -0.221. The fourth-order valence-electron chi connectivity index (χ4n) is 2.24. The molecule has 0 saturated carbocycles. The highest BCUT2D eigenvalue weighted by molar-refractivity contribution is 5.20. The summed E-state index contributed by atoms with van der Waals surface area (Å²) in [4.78, 5) is 4.53. The fraction of sp³-hybridized carbons (Fsp3) is 0.625. The van der Waals surface area contributed by atoms with Crippen LogP contribution in [0.5, 0.6) is 0 Å². The first-order valence-electron chi connectivity index (χ1n) is 7.26. The van der Waals surface area contributed by atoms with Crippen LogP contribution >= 0.6 is 0 Å². The lowest BCUT2D eigenvalue weighted by Crippen LogP contribution is -2.39. The molecule has 0 radical (unpaired) electrons. The Kier molecular flexibility index (Phi) is 7.13. The van der Waals surface area contributed by atoms with Crippen LogP contribution in [-0.4, -0.2) is 50.1 Å². The summed E-state index contributed by atoms with van der Waals surface area (Å²) in [7, 11) is 4.14. The van der Waals surface area contributed by atoms with Crippen LogP contribution in [0.4, 0.5) is 4.39 Å². The first-order valence-corrected chi connectivity index (χ1v) is 7.26. The number of halogens is 1. The van der Waals surface area contributed by atoms with E-state index in [1.54, 1.807) is 6.07 Å². The van der Waals surface area contributed by atoms with Crippen molar-refractivity contribution in [3.63, 3.8) is 0 Å². The van der Waals surface area contributed by atoms with Gasteiger partial charge in [0.05, 0.1) is 0 Å². The van der Waals surface area contributed by atoms with E-state index < -0.39 is 0 Å². The summed E-state index contributed by atoms with van der Waals surface area (Å²) < 4.78 is 13.3. The minimum Gasteiger partial charge on any atom is -0.323 e. The Morgan fingerprint density at radius 2 is 1.85 bits per heavy atom. The van der Waals surface area contributed by atoms with Gasteiger partial charge in [-0.15, -0.1) is 0 Å². The third-order valence-corrected chi connectivity index (χ3v) is 3.22. The standard InChI is InChI=1S/C16H28FN3/c1-13(2)11-20(9-8-19(3)4)12-16(18)14-6-5-7-15(17)10-14/h5-7,10,13,16H,8-9,11-12,18H2,1-4H3. The second-order valence-corrected chi connectivity index (χ2v) is 6.12. The van der Waals surface area contributed by atoms with E-state index in [4.69, 9.17) is 5.73 Å². The van der Waals surface area contributed by atoms with Gasteiger partial charge in [0, 0.05) is 32.2 Å². The zero-order chi connectivity index (χ0) is 15.1. The van der Waals surface area contributed by atoms with E-state index in [2.05, 4.69) is 37.7 Å². The summed E-state index contributed by atoms with van der Waals surface area (Å²) in [5.74, 6) is 0.374. The molecule has 2 N–H and O–H groups in total. The van der Waals surface area contributed by atoms with Crippen LogP contribution in [-0.2, 0) is 0 Å². The van der Waals surface area contributed by atoms with Crippen molar-refractivity contribution in [1.82, 2.24) is 9.80 Å². The van der Waals surface area contributed by atoms with Crippen molar-refractivity contribution in [2.24, 2.45) is 11.7 Å². The molecule has 4 heteroatoms. The van der Waals surface area contributed by atoms with Gasteiger partial charge in [-0.25, -0.2) is 4.39 Å². The quantitative estimate of drug-likeness (QED) is 0.794. The highest BCUT2D eigenvalue weighted by Gasteiger charge is 2.14. The molecular weight excluding hydrogens is 253 g/mol. The molecule has 114 valence electrons. The molecule has 3 nitrogen and oxygen atoms in total. The van der Waals surface area contributed by atoms with E-state index in [1.807, 2.05) is 6.07 Å². The Bertz CT molecular complexity index is 393. The van der Waals surface area contributed by atoms with Crippen LogP contribution in [0, 0.1) is 11.7 Å². The summed E-state index contributed by atoms with van der Waals surface area (Å²) in [6.45, 7) is 8.16. The Hall–Kier alpha value is -0.970. The molecule has 0 heterocycles. The molecule has 0 bridgehead atoms. The zero-order valence-corrected chi connectivity index (χ0v) is 13.1. The van der Waals surface area contributed by atoms with E-state index in [0.717, 1.165) is 31.7 Å². The van der Waals surface area contributed by atoms with Crippen LogP contribution in [0.15, 0.2) is 24.3 Å². The van der Waals surface area contributed by atoms with Crippen molar-refractivity contribution >= 4 is 0 Å². The highest BCUT2D eigenvalue weighted by atomic mass is 19.1. The average molecular weight is 281 g/mol. The summed E-state index contributed by atoms with van der Waals surface area (Å²) in [6, 6.07) is 6.45. The van der Waals surface area contributed by atoms with Crippen molar-refractivity contribution in [2.45, 2.75) is 19.9 Å². The molecule has 1 unspecified atom stereocenters. The maximum absolute atomic E-state index is 13.3. The van der Waals surface area contributed by atoms with Crippen molar-refractivity contribution < 1.29 is 4.39 Å².